The Morgan fingerprint density at radius 1 is 1.18 bits per heavy atom. The molecule has 0 aromatic carbocycles. The number of halogens is 1. The average Bonchev–Trinajstić information content (AvgIpc) is 2.88. The SMILES string of the molecule is CN(CC1CCCC1)C(=O)C1CCCC1N.Cl. The third-order valence-electron chi connectivity index (χ3n) is 4.27. The van der Waals surface area contributed by atoms with Crippen molar-refractivity contribution in [2.45, 2.75) is 51.0 Å². The summed E-state index contributed by atoms with van der Waals surface area (Å²) >= 11 is 0. The fraction of sp³-hybridized carbons (Fsp3) is 0.923. The van der Waals surface area contributed by atoms with Gasteiger partial charge in [-0.1, -0.05) is 19.3 Å². The van der Waals surface area contributed by atoms with Gasteiger partial charge >= 0.3 is 0 Å². The predicted octanol–water partition coefficient (Wildman–Crippen LogP) is 2.18. The Labute approximate surface area is 111 Å². The van der Waals surface area contributed by atoms with E-state index in [1.807, 2.05) is 11.9 Å². The second kappa shape index (κ2) is 6.60. The molecule has 2 N–H and O–H groups in total. The summed E-state index contributed by atoms with van der Waals surface area (Å²) in [7, 11) is 1.95. The minimum Gasteiger partial charge on any atom is -0.345 e. The quantitative estimate of drug-likeness (QED) is 0.846. The molecule has 2 atom stereocenters. The number of hydrogen-bond donors (Lipinski definition) is 1. The van der Waals surface area contributed by atoms with Crippen molar-refractivity contribution in [1.29, 1.82) is 0 Å². The van der Waals surface area contributed by atoms with Gasteiger partial charge in [0.15, 0.2) is 0 Å². The Balaban J connectivity index is 0.00000144. The smallest absolute Gasteiger partial charge is 0.226 e. The maximum atomic E-state index is 12.2. The summed E-state index contributed by atoms with van der Waals surface area (Å²) in [6, 6.07) is 0.110. The van der Waals surface area contributed by atoms with Crippen molar-refractivity contribution in [3.63, 3.8) is 0 Å². The van der Waals surface area contributed by atoms with E-state index in [-0.39, 0.29) is 30.3 Å². The van der Waals surface area contributed by atoms with Crippen LogP contribution in [0, 0.1) is 11.8 Å². The van der Waals surface area contributed by atoms with Crippen molar-refractivity contribution in [1.82, 2.24) is 4.90 Å². The van der Waals surface area contributed by atoms with Crippen LogP contribution in [0.2, 0.25) is 0 Å². The number of nitrogens with zero attached hydrogens (tertiary/aromatic N) is 1. The second-order valence-corrected chi connectivity index (χ2v) is 5.57. The monoisotopic (exact) mass is 260 g/mol. The topological polar surface area (TPSA) is 46.3 Å². The second-order valence-electron chi connectivity index (χ2n) is 5.57. The molecule has 100 valence electrons. The summed E-state index contributed by atoms with van der Waals surface area (Å²) in [4.78, 5) is 14.1. The van der Waals surface area contributed by atoms with Gasteiger partial charge in [0.2, 0.25) is 5.91 Å². The van der Waals surface area contributed by atoms with E-state index >= 15 is 0 Å². The van der Waals surface area contributed by atoms with E-state index in [1.54, 1.807) is 0 Å². The zero-order valence-corrected chi connectivity index (χ0v) is 11.5. The zero-order valence-electron chi connectivity index (χ0n) is 10.7. The standard InChI is InChI=1S/C13H24N2O.ClH/c1-15(9-10-5-2-3-6-10)13(16)11-7-4-8-12(11)14;/h10-12H,2-9,14H2,1H3;1H. The molecule has 0 spiro atoms. The number of hydrogen-bond acceptors (Lipinski definition) is 2. The highest BCUT2D eigenvalue weighted by Gasteiger charge is 2.32. The molecule has 0 aromatic rings. The Morgan fingerprint density at radius 3 is 2.35 bits per heavy atom. The van der Waals surface area contributed by atoms with Gasteiger partial charge in [-0.3, -0.25) is 4.79 Å². The highest BCUT2D eigenvalue weighted by atomic mass is 35.5. The van der Waals surface area contributed by atoms with Crippen LogP contribution in [-0.4, -0.2) is 30.4 Å². The normalized spacial score (nSPS) is 29.1. The lowest BCUT2D eigenvalue weighted by Crippen LogP contribution is -2.41. The van der Waals surface area contributed by atoms with Gasteiger partial charge in [-0.25, -0.2) is 0 Å². The van der Waals surface area contributed by atoms with Gasteiger partial charge in [0.1, 0.15) is 0 Å². The number of carbonyl (C=O) groups excluding carboxylic acids is 1. The largest absolute Gasteiger partial charge is 0.345 e. The van der Waals surface area contributed by atoms with Crippen molar-refractivity contribution in [2.75, 3.05) is 13.6 Å². The molecule has 0 bridgehead atoms. The lowest BCUT2D eigenvalue weighted by Gasteiger charge is -2.25. The molecule has 0 aliphatic heterocycles. The van der Waals surface area contributed by atoms with Gasteiger partial charge in [0.25, 0.3) is 0 Å². The summed E-state index contributed by atoms with van der Waals surface area (Å²) in [5.41, 5.74) is 5.98. The molecule has 0 aromatic heterocycles. The van der Waals surface area contributed by atoms with Gasteiger partial charge in [-0.05, 0) is 31.6 Å². The van der Waals surface area contributed by atoms with E-state index in [9.17, 15) is 4.79 Å². The molecular formula is C13H25ClN2O. The predicted molar refractivity (Wildman–Crippen MR) is 72.2 cm³/mol. The van der Waals surface area contributed by atoms with Crippen LogP contribution in [0.3, 0.4) is 0 Å². The molecule has 1 amide bonds. The number of nitrogens with two attached hydrogens (primary N) is 1. The molecule has 2 saturated carbocycles. The lowest BCUT2D eigenvalue weighted by molar-refractivity contribution is -0.134. The summed E-state index contributed by atoms with van der Waals surface area (Å²) in [6.07, 6.45) is 8.42. The molecule has 0 saturated heterocycles. The van der Waals surface area contributed by atoms with E-state index in [0.717, 1.165) is 31.7 Å². The Kier molecular flexibility index (Phi) is 5.74. The molecule has 3 nitrogen and oxygen atoms in total. The molecule has 0 heterocycles. The minimum atomic E-state index is 0. The van der Waals surface area contributed by atoms with Gasteiger partial charge in [-0.15, -0.1) is 12.4 Å². The molecule has 17 heavy (non-hydrogen) atoms. The first kappa shape index (κ1) is 14.8. The van der Waals surface area contributed by atoms with Gasteiger partial charge < -0.3 is 10.6 Å². The molecule has 4 heteroatoms. The first-order valence-electron chi connectivity index (χ1n) is 6.69. The van der Waals surface area contributed by atoms with Gasteiger partial charge in [0, 0.05) is 19.6 Å². The fourth-order valence-electron chi connectivity index (χ4n) is 3.25. The maximum Gasteiger partial charge on any atom is 0.226 e. The number of carbonyl (C=O) groups is 1. The number of rotatable bonds is 3. The van der Waals surface area contributed by atoms with Crippen LogP contribution in [0.5, 0.6) is 0 Å². The third-order valence-corrected chi connectivity index (χ3v) is 4.27. The van der Waals surface area contributed by atoms with E-state index in [1.165, 1.54) is 25.7 Å². The van der Waals surface area contributed by atoms with E-state index in [2.05, 4.69) is 0 Å². The van der Waals surface area contributed by atoms with E-state index in [0.29, 0.717) is 0 Å². The van der Waals surface area contributed by atoms with Crippen molar-refractivity contribution >= 4 is 18.3 Å². The number of amides is 1. The Bertz CT molecular complexity index is 254. The highest BCUT2D eigenvalue weighted by molar-refractivity contribution is 5.85. The van der Waals surface area contributed by atoms with Gasteiger partial charge in [-0.2, -0.15) is 0 Å². The molecule has 0 radical (unpaired) electrons. The van der Waals surface area contributed by atoms with Crippen molar-refractivity contribution in [3.05, 3.63) is 0 Å². The first-order valence-corrected chi connectivity index (χ1v) is 6.69. The van der Waals surface area contributed by atoms with E-state index < -0.39 is 0 Å². The average molecular weight is 261 g/mol. The van der Waals surface area contributed by atoms with Crippen LogP contribution in [0.1, 0.15) is 44.9 Å². The minimum absolute atomic E-state index is 0. The van der Waals surface area contributed by atoms with Crippen LogP contribution < -0.4 is 5.73 Å². The lowest BCUT2D eigenvalue weighted by atomic mass is 10.0. The molecule has 2 aliphatic rings. The van der Waals surface area contributed by atoms with Crippen molar-refractivity contribution in [2.24, 2.45) is 17.6 Å². The van der Waals surface area contributed by atoms with Crippen molar-refractivity contribution in [3.8, 4) is 0 Å². The third kappa shape index (κ3) is 3.59. The maximum absolute atomic E-state index is 12.2. The Hall–Kier alpha value is -0.280. The van der Waals surface area contributed by atoms with Gasteiger partial charge in [0.05, 0.1) is 5.92 Å². The Morgan fingerprint density at radius 2 is 1.82 bits per heavy atom. The van der Waals surface area contributed by atoms with Crippen LogP contribution in [0.25, 0.3) is 0 Å². The van der Waals surface area contributed by atoms with Crippen LogP contribution in [0.4, 0.5) is 0 Å². The summed E-state index contributed by atoms with van der Waals surface area (Å²) in [5.74, 6) is 1.13. The van der Waals surface area contributed by atoms with Crippen LogP contribution in [-0.2, 0) is 4.79 Å². The molecule has 2 fully saturated rings. The zero-order chi connectivity index (χ0) is 11.5. The highest BCUT2D eigenvalue weighted by Crippen LogP contribution is 2.28. The van der Waals surface area contributed by atoms with Crippen molar-refractivity contribution < 1.29 is 4.79 Å². The van der Waals surface area contributed by atoms with Crippen LogP contribution in [0.15, 0.2) is 0 Å². The molecule has 2 aliphatic carbocycles. The molecular weight excluding hydrogens is 236 g/mol. The summed E-state index contributed by atoms with van der Waals surface area (Å²) < 4.78 is 0. The van der Waals surface area contributed by atoms with Crippen LogP contribution >= 0.6 is 12.4 Å². The molecule has 2 rings (SSSR count). The summed E-state index contributed by atoms with van der Waals surface area (Å²) in [5, 5.41) is 0. The first-order chi connectivity index (χ1) is 7.68. The summed E-state index contributed by atoms with van der Waals surface area (Å²) in [6.45, 7) is 0.946. The fourth-order valence-corrected chi connectivity index (χ4v) is 3.25. The van der Waals surface area contributed by atoms with E-state index in [4.69, 9.17) is 5.73 Å². The molecule has 2 unspecified atom stereocenters.